The fraction of sp³-hybridized carbons (Fsp3) is 0.294. The highest BCUT2D eigenvalue weighted by molar-refractivity contribution is 9.10. The number of hydrogen-bond donors (Lipinski definition) is 1. The zero-order chi connectivity index (χ0) is 15.4. The van der Waals surface area contributed by atoms with Gasteiger partial charge in [0.05, 0.1) is 14.2 Å². The Kier molecular flexibility index (Phi) is 5.26. The minimum atomic E-state index is -0.0550. The molecule has 0 aliphatic heterocycles. The lowest BCUT2D eigenvalue weighted by Crippen LogP contribution is -2.15. The van der Waals surface area contributed by atoms with Crippen LogP contribution in [0.1, 0.15) is 22.7 Å². The van der Waals surface area contributed by atoms with E-state index >= 15 is 0 Å². The molecule has 0 aliphatic rings. The third-order valence-corrected chi connectivity index (χ3v) is 4.47. The second-order valence-electron chi connectivity index (χ2n) is 4.95. The number of halogens is 1. The molecule has 0 spiro atoms. The van der Waals surface area contributed by atoms with Crippen molar-refractivity contribution in [2.24, 2.45) is 5.73 Å². The van der Waals surface area contributed by atoms with Gasteiger partial charge in [-0.3, -0.25) is 0 Å². The Morgan fingerprint density at radius 2 is 1.81 bits per heavy atom. The summed E-state index contributed by atoms with van der Waals surface area (Å²) in [5, 5.41) is 0. The molecule has 0 saturated heterocycles. The molecule has 1 atom stereocenters. The molecule has 0 bridgehead atoms. The Hall–Kier alpha value is -1.52. The van der Waals surface area contributed by atoms with Gasteiger partial charge in [-0.15, -0.1) is 0 Å². The van der Waals surface area contributed by atoms with Crippen molar-refractivity contribution >= 4 is 15.9 Å². The van der Waals surface area contributed by atoms with E-state index in [0.717, 1.165) is 33.5 Å². The molecule has 21 heavy (non-hydrogen) atoms. The largest absolute Gasteiger partial charge is 0.493 e. The van der Waals surface area contributed by atoms with Crippen LogP contribution in [0.25, 0.3) is 0 Å². The molecule has 4 heteroatoms. The predicted octanol–water partition coefficient (Wildman–Crippen LogP) is 4.02. The van der Waals surface area contributed by atoms with Crippen LogP contribution < -0.4 is 15.2 Å². The highest BCUT2D eigenvalue weighted by atomic mass is 79.9. The summed E-state index contributed by atoms with van der Waals surface area (Å²) in [7, 11) is 3.27. The lowest BCUT2D eigenvalue weighted by molar-refractivity contribution is 0.354. The van der Waals surface area contributed by atoms with Crippen LogP contribution in [0.15, 0.2) is 40.9 Å². The van der Waals surface area contributed by atoms with Gasteiger partial charge in [0.15, 0.2) is 11.5 Å². The van der Waals surface area contributed by atoms with Crippen molar-refractivity contribution < 1.29 is 9.47 Å². The molecule has 0 fully saturated rings. The van der Waals surface area contributed by atoms with Gasteiger partial charge in [-0.1, -0.05) is 34.1 Å². The average Bonchev–Trinajstić information content (AvgIpc) is 2.49. The molecule has 0 aromatic heterocycles. The lowest BCUT2D eigenvalue weighted by atomic mass is 9.96. The van der Waals surface area contributed by atoms with Gasteiger partial charge in [0.1, 0.15) is 0 Å². The Morgan fingerprint density at radius 3 is 2.48 bits per heavy atom. The maximum atomic E-state index is 6.37. The van der Waals surface area contributed by atoms with E-state index in [1.54, 1.807) is 14.2 Å². The molecule has 0 heterocycles. The smallest absolute Gasteiger partial charge is 0.160 e. The Balaban J connectivity index is 2.23. The van der Waals surface area contributed by atoms with E-state index in [9.17, 15) is 0 Å². The Morgan fingerprint density at radius 1 is 1.10 bits per heavy atom. The molecule has 3 nitrogen and oxygen atoms in total. The molecule has 0 aliphatic carbocycles. The zero-order valence-corrected chi connectivity index (χ0v) is 14.1. The second-order valence-corrected chi connectivity index (χ2v) is 5.81. The Bertz CT molecular complexity index is 628. The van der Waals surface area contributed by atoms with Gasteiger partial charge in [-0.2, -0.15) is 0 Å². The minimum absolute atomic E-state index is 0.0550. The number of rotatable bonds is 5. The SMILES string of the molecule is COc1ccc(CC(N)c2cccc(Br)c2C)cc1OC. The van der Waals surface area contributed by atoms with E-state index < -0.39 is 0 Å². The standard InChI is InChI=1S/C17H20BrNO2/c1-11-13(5-4-6-14(11)18)15(19)9-12-7-8-16(20-2)17(10-12)21-3/h4-8,10,15H,9,19H2,1-3H3. The maximum absolute atomic E-state index is 6.37. The van der Waals surface area contributed by atoms with E-state index in [4.69, 9.17) is 15.2 Å². The number of benzene rings is 2. The van der Waals surface area contributed by atoms with Crippen molar-refractivity contribution in [2.45, 2.75) is 19.4 Å². The van der Waals surface area contributed by atoms with E-state index in [1.165, 1.54) is 5.56 Å². The normalized spacial score (nSPS) is 12.0. The molecule has 2 N–H and O–H groups in total. The zero-order valence-electron chi connectivity index (χ0n) is 12.5. The predicted molar refractivity (Wildman–Crippen MR) is 89.1 cm³/mol. The summed E-state index contributed by atoms with van der Waals surface area (Å²) >= 11 is 3.55. The summed E-state index contributed by atoms with van der Waals surface area (Å²) in [6.07, 6.45) is 0.748. The molecule has 1 unspecified atom stereocenters. The van der Waals surface area contributed by atoms with Crippen molar-refractivity contribution in [2.75, 3.05) is 14.2 Å². The van der Waals surface area contributed by atoms with Crippen LogP contribution in [0.2, 0.25) is 0 Å². The van der Waals surface area contributed by atoms with Gasteiger partial charge in [0, 0.05) is 10.5 Å². The number of hydrogen-bond acceptors (Lipinski definition) is 3. The summed E-state index contributed by atoms with van der Waals surface area (Å²) < 4.78 is 11.7. The van der Waals surface area contributed by atoms with Crippen LogP contribution in [0.4, 0.5) is 0 Å². The van der Waals surface area contributed by atoms with Gasteiger partial charge in [0.2, 0.25) is 0 Å². The van der Waals surface area contributed by atoms with Gasteiger partial charge >= 0.3 is 0 Å². The van der Waals surface area contributed by atoms with Crippen LogP contribution in [0, 0.1) is 6.92 Å². The molecule has 0 amide bonds. The summed E-state index contributed by atoms with van der Waals surface area (Å²) in [5.74, 6) is 1.46. The topological polar surface area (TPSA) is 44.5 Å². The van der Waals surface area contributed by atoms with Crippen LogP contribution in [-0.4, -0.2) is 14.2 Å². The summed E-state index contributed by atoms with van der Waals surface area (Å²) in [5.41, 5.74) is 9.83. The molecule has 112 valence electrons. The minimum Gasteiger partial charge on any atom is -0.493 e. The van der Waals surface area contributed by atoms with Crippen LogP contribution >= 0.6 is 15.9 Å². The Labute approximate surface area is 134 Å². The average molecular weight is 350 g/mol. The third kappa shape index (κ3) is 3.57. The highest BCUT2D eigenvalue weighted by Crippen LogP contribution is 2.30. The first-order valence-corrected chi connectivity index (χ1v) is 7.57. The van der Waals surface area contributed by atoms with Crippen LogP contribution in [0.5, 0.6) is 11.5 Å². The van der Waals surface area contributed by atoms with Crippen molar-refractivity contribution in [3.63, 3.8) is 0 Å². The van der Waals surface area contributed by atoms with Crippen LogP contribution in [-0.2, 0) is 6.42 Å². The van der Waals surface area contributed by atoms with E-state index in [2.05, 4.69) is 28.9 Å². The first-order chi connectivity index (χ1) is 10.1. The molecule has 2 rings (SSSR count). The second kappa shape index (κ2) is 6.96. The molecular formula is C17H20BrNO2. The van der Waals surface area contributed by atoms with Gasteiger partial charge in [-0.25, -0.2) is 0 Å². The molecule has 0 saturated carbocycles. The quantitative estimate of drug-likeness (QED) is 0.886. The van der Waals surface area contributed by atoms with Crippen LogP contribution in [0.3, 0.4) is 0 Å². The fourth-order valence-corrected chi connectivity index (χ4v) is 2.78. The molecular weight excluding hydrogens is 330 g/mol. The maximum Gasteiger partial charge on any atom is 0.160 e. The first-order valence-electron chi connectivity index (χ1n) is 6.78. The number of methoxy groups -OCH3 is 2. The van der Waals surface area contributed by atoms with Crippen molar-refractivity contribution in [1.29, 1.82) is 0 Å². The molecule has 2 aromatic carbocycles. The van der Waals surface area contributed by atoms with Gasteiger partial charge in [-0.05, 0) is 48.2 Å². The summed E-state index contributed by atoms with van der Waals surface area (Å²) in [6.45, 7) is 2.08. The third-order valence-electron chi connectivity index (χ3n) is 3.61. The number of ether oxygens (including phenoxy) is 2. The monoisotopic (exact) mass is 349 g/mol. The number of nitrogens with two attached hydrogens (primary N) is 1. The molecule has 0 radical (unpaired) electrons. The van der Waals surface area contributed by atoms with E-state index in [1.807, 2.05) is 30.3 Å². The van der Waals surface area contributed by atoms with Crippen molar-refractivity contribution in [1.82, 2.24) is 0 Å². The van der Waals surface area contributed by atoms with Gasteiger partial charge < -0.3 is 15.2 Å². The lowest BCUT2D eigenvalue weighted by Gasteiger charge is -2.17. The first kappa shape index (κ1) is 15.9. The molecule has 2 aromatic rings. The van der Waals surface area contributed by atoms with Gasteiger partial charge in [0.25, 0.3) is 0 Å². The highest BCUT2D eigenvalue weighted by Gasteiger charge is 2.13. The van der Waals surface area contributed by atoms with Crippen molar-refractivity contribution in [3.8, 4) is 11.5 Å². The van der Waals surface area contributed by atoms with Crippen molar-refractivity contribution in [3.05, 3.63) is 57.6 Å². The van der Waals surface area contributed by atoms with E-state index in [-0.39, 0.29) is 6.04 Å². The summed E-state index contributed by atoms with van der Waals surface area (Å²) in [4.78, 5) is 0. The fourth-order valence-electron chi connectivity index (χ4n) is 2.40. The van der Waals surface area contributed by atoms with E-state index in [0.29, 0.717) is 0 Å². The summed E-state index contributed by atoms with van der Waals surface area (Å²) in [6, 6.07) is 12.0.